The summed E-state index contributed by atoms with van der Waals surface area (Å²) in [4.78, 5) is 32.2. The predicted octanol–water partition coefficient (Wildman–Crippen LogP) is 3.73. The van der Waals surface area contributed by atoms with Crippen LogP contribution in [0.5, 0.6) is 0 Å². The van der Waals surface area contributed by atoms with Crippen LogP contribution >= 0.6 is 0 Å². The number of methoxy groups -OCH3 is 1. The number of esters is 1. The molecule has 0 unspecified atom stereocenters. The van der Waals surface area contributed by atoms with Crippen molar-refractivity contribution in [3.63, 3.8) is 0 Å². The molecule has 0 radical (unpaired) electrons. The number of hydrogen-bond donors (Lipinski definition) is 0. The van der Waals surface area contributed by atoms with Gasteiger partial charge in [0.1, 0.15) is 11.3 Å². The minimum Gasteiger partial charge on any atom is -0.464 e. The van der Waals surface area contributed by atoms with Crippen molar-refractivity contribution >= 4 is 17.7 Å². The van der Waals surface area contributed by atoms with Gasteiger partial charge in [0, 0.05) is 26.2 Å². The number of piperidine rings is 2. The molecule has 0 N–H and O–H groups in total. The van der Waals surface area contributed by atoms with Gasteiger partial charge in [-0.1, -0.05) is 0 Å². The van der Waals surface area contributed by atoms with Crippen molar-refractivity contribution in [1.82, 2.24) is 9.88 Å². The third-order valence-corrected chi connectivity index (χ3v) is 5.91. The first-order chi connectivity index (χ1) is 13.8. The molecule has 0 atom stereocenters. The summed E-state index contributed by atoms with van der Waals surface area (Å²) in [7, 11) is 1.36. The summed E-state index contributed by atoms with van der Waals surface area (Å²) in [5.74, 6) is 0.970. The number of rotatable bonds is 3. The lowest BCUT2D eigenvalue weighted by molar-refractivity contribution is 0.0152. The Kier molecular flexibility index (Phi) is 6.65. The van der Waals surface area contributed by atoms with Crippen molar-refractivity contribution in [1.29, 1.82) is 0 Å². The van der Waals surface area contributed by atoms with Gasteiger partial charge >= 0.3 is 12.1 Å². The van der Waals surface area contributed by atoms with E-state index in [0.717, 1.165) is 57.5 Å². The van der Waals surface area contributed by atoms with E-state index in [-0.39, 0.29) is 6.09 Å². The third kappa shape index (κ3) is 5.61. The van der Waals surface area contributed by atoms with Gasteiger partial charge in [-0.05, 0) is 70.4 Å². The molecule has 160 valence electrons. The van der Waals surface area contributed by atoms with E-state index >= 15 is 0 Å². The summed E-state index contributed by atoms with van der Waals surface area (Å²) < 4.78 is 10.2. The highest BCUT2D eigenvalue weighted by atomic mass is 16.6. The lowest BCUT2D eigenvalue weighted by atomic mass is 9.79. The number of amides is 1. The highest BCUT2D eigenvalue weighted by molar-refractivity contribution is 5.87. The molecular weight excluding hydrogens is 370 g/mol. The Morgan fingerprint density at radius 2 is 1.59 bits per heavy atom. The minimum atomic E-state index is -0.440. The van der Waals surface area contributed by atoms with E-state index in [0.29, 0.717) is 17.5 Å². The Hall–Kier alpha value is -2.31. The van der Waals surface area contributed by atoms with Crippen molar-refractivity contribution in [2.45, 2.75) is 52.1 Å². The Balaban J connectivity index is 1.45. The lowest BCUT2D eigenvalue weighted by Crippen LogP contribution is -2.44. The smallest absolute Gasteiger partial charge is 0.410 e. The zero-order valence-electron chi connectivity index (χ0n) is 18.0. The first kappa shape index (κ1) is 21.4. The molecule has 1 amide bonds. The molecular formula is C22H33N3O4. The summed E-state index contributed by atoms with van der Waals surface area (Å²) in [6, 6.07) is 3.67. The second-order valence-corrected chi connectivity index (χ2v) is 9.02. The summed E-state index contributed by atoms with van der Waals surface area (Å²) in [5, 5.41) is 0. The minimum absolute atomic E-state index is 0.186. The number of likely N-dealkylation sites (tertiary alicyclic amines) is 1. The molecule has 7 nitrogen and oxygen atoms in total. The Bertz CT molecular complexity index is 698. The van der Waals surface area contributed by atoms with Crippen LogP contribution in [0.2, 0.25) is 0 Å². The highest BCUT2D eigenvalue weighted by Gasteiger charge is 2.32. The molecule has 0 saturated carbocycles. The first-order valence-corrected chi connectivity index (χ1v) is 10.5. The van der Waals surface area contributed by atoms with Gasteiger partial charge in [-0.3, -0.25) is 0 Å². The van der Waals surface area contributed by atoms with Crippen LogP contribution in [0.1, 0.15) is 56.9 Å². The molecule has 1 aromatic rings. The molecule has 1 aromatic heterocycles. The number of aromatic nitrogens is 1. The molecule has 0 aliphatic carbocycles. The van der Waals surface area contributed by atoms with E-state index in [9.17, 15) is 9.59 Å². The molecule has 7 heteroatoms. The lowest BCUT2D eigenvalue weighted by Gasteiger charge is -2.40. The molecule has 3 heterocycles. The fourth-order valence-corrected chi connectivity index (χ4v) is 4.31. The van der Waals surface area contributed by atoms with Gasteiger partial charge in [0.05, 0.1) is 19.0 Å². The number of hydrogen-bond acceptors (Lipinski definition) is 6. The van der Waals surface area contributed by atoms with Crippen LogP contribution in [0.3, 0.4) is 0 Å². The van der Waals surface area contributed by atoms with Crippen molar-refractivity contribution in [2.24, 2.45) is 11.8 Å². The number of nitrogens with zero attached hydrogens (tertiary/aromatic N) is 3. The van der Waals surface area contributed by atoms with E-state index in [1.54, 1.807) is 12.3 Å². The zero-order valence-corrected chi connectivity index (χ0v) is 18.0. The van der Waals surface area contributed by atoms with Crippen LogP contribution in [0.15, 0.2) is 18.3 Å². The largest absolute Gasteiger partial charge is 0.464 e. The summed E-state index contributed by atoms with van der Waals surface area (Å²) >= 11 is 0. The van der Waals surface area contributed by atoms with Gasteiger partial charge < -0.3 is 19.3 Å². The van der Waals surface area contributed by atoms with E-state index in [1.807, 2.05) is 31.7 Å². The third-order valence-electron chi connectivity index (χ3n) is 5.91. The van der Waals surface area contributed by atoms with E-state index in [2.05, 4.69) is 9.88 Å². The summed E-state index contributed by atoms with van der Waals surface area (Å²) in [6.45, 7) is 9.29. The molecule has 0 bridgehead atoms. The SMILES string of the molecule is COC(=O)c1ccc(N2CCC(C3CCN(C(=O)OC(C)(C)C)CC3)CC2)cn1. The monoisotopic (exact) mass is 403 g/mol. The molecule has 0 spiro atoms. The molecule has 2 saturated heterocycles. The maximum Gasteiger partial charge on any atom is 0.410 e. The van der Waals surface area contributed by atoms with Crippen molar-refractivity contribution in [2.75, 3.05) is 38.2 Å². The summed E-state index contributed by atoms with van der Waals surface area (Å²) in [6.07, 6.45) is 5.98. The first-order valence-electron chi connectivity index (χ1n) is 10.5. The second kappa shape index (κ2) is 9.01. The van der Waals surface area contributed by atoms with Crippen LogP contribution in [-0.4, -0.2) is 60.8 Å². The summed E-state index contributed by atoms with van der Waals surface area (Å²) in [5.41, 5.74) is 0.948. The van der Waals surface area contributed by atoms with Crippen molar-refractivity contribution < 1.29 is 19.1 Å². The zero-order chi connectivity index (χ0) is 21.0. The van der Waals surface area contributed by atoms with Gasteiger partial charge in [-0.2, -0.15) is 0 Å². The number of ether oxygens (including phenoxy) is 2. The Morgan fingerprint density at radius 3 is 2.07 bits per heavy atom. The van der Waals surface area contributed by atoms with Crippen LogP contribution in [0, 0.1) is 11.8 Å². The van der Waals surface area contributed by atoms with Crippen molar-refractivity contribution in [3.8, 4) is 0 Å². The van der Waals surface area contributed by atoms with Gasteiger partial charge in [0.2, 0.25) is 0 Å². The predicted molar refractivity (Wildman–Crippen MR) is 111 cm³/mol. The van der Waals surface area contributed by atoms with Crippen LogP contribution in [0.25, 0.3) is 0 Å². The van der Waals surface area contributed by atoms with E-state index in [1.165, 1.54) is 7.11 Å². The van der Waals surface area contributed by atoms with E-state index in [4.69, 9.17) is 9.47 Å². The molecule has 0 aromatic carbocycles. The van der Waals surface area contributed by atoms with Gasteiger partial charge in [-0.15, -0.1) is 0 Å². The van der Waals surface area contributed by atoms with Gasteiger partial charge in [-0.25, -0.2) is 14.6 Å². The molecule has 2 aliphatic rings. The second-order valence-electron chi connectivity index (χ2n) is 9.02. The number of pyridine rings is 1. The molecule has 2 aliphatic heterocycles. The number of carbonyl (C=O) groups excluding carboxylic acids is 2. The Morgan fingerprint density at radius 1 is 1.00 bits per heavy atom. The van der Waals surface area contributed by atoms with E-state index < -0.39 is 11.6 Å². The van der Waals surface area contributed by atoms with Gasteiger partial charge in [0.15, 0.2) is 0 Å². The average Bonchev–Trinajstić information content (AvgIpc) is 2.72. The maximum atomic E-state index is 12.2. The topological polar surface area (TPSA) is 72.0 Å². The van der Waals surface area contributed by atoms with Crippen LogP contribution < -0.4 is 4.90 Å². The maximum absolute atomic E-state index is 12.2. The van der Waals surface area contributed by atoms with Gasteiger partial charge in [0.25, 0.3) is 0 Å². The standard InChI is InChI=1S/C22H33N3O4/c1-22(2,3)29-21(27)25-13-9-17(10-14-25)16-7-11-24(12-8-16)18-5-6-19(23-15-18)20(26)28-4/h5-6,15-17H,7-14H2,1-4H3. The molecule has 2 fully saturated rings. The fraction of sp³-hybridized carbons (Fsp3) is 0.682. The normalized spacial score (nSPS) is 19.2. The average molecular weight is 404 g/mol. The molecule has 29 heavy (non-hydrogen) atoms. The molecule has 3 rings (SSSR count). The Labute approximate surface area is 173 Å². The fourth-order valence-electron chi connectivity index (χ4n) is 4.31. The number of carbonyl (C=O) groups is 2. The van der Waals surface area contributed by atoms with Crippen molar-refractivity contribution in [3.05, 3.63) is 24.0 Å². The quantitative estimate of drug-likeness (QED) is 0.716. The highest BCUT2D eigenvalue weighted by Crippen LogP contribution is 2.34. The van der Waals surface area contributed by atoms with Crippen LogP contribution in [0.4, 0.5) is 10.5 Å². The number of anilines is 1. The van der Waals surface area contributed by atoms with Crippen LogP contribution in [-0.2, 0) is 9.47 Å².